The number of halogens is 1. The van der Waals surface area contributed by atoms with Gasteiger partial charge < -0.3 is 5.32 Å². The molecule has 1 amide bonds. The predicted molar refractivity (Wildman–Crippen MR) is 103 cm³/mol. The van der Waals surface area contributed by atoms with Gasteiger partial charge in [-0.2, -0.15) is 0 Å². The smallest absolute Gasteiger partial charge is 0.232 e. The van der Waals surface area contributed by atoms with Crippen LogP contribution in [0.3, 0.4) is 0 Å². The van der Waals surface area contributed by atoms with Gasteiger partial charge in [-0.3, -0.25) is 9.10 Å². The molecule has 1 N–H and O–H groups in total. The van der Waals surface area contributed by atoms with Crippen molar-refractivity contribution in [2.45, 2.75) is 19.8 Å². The van der Waals surface area contributed by atoms with Gasteiger partial charge >= 0.3 is 0 Å². The van der Waals surface area contributed by atoms with Crippen LogP contribution in [0.1, 0.15) is 18.4 Å². The Labute approximate surface area is 153 Å². The standard InChI is InChI=1S/C18H21ClN2O3S/c1-14-8-10-17(11-9-14)21(25(2,23)24)12-4-7-18(22)20-16-6-3-5-15(19)13-16/h3,5-6,8-11,13H,4,7,12H2,1-2H3,(H,20,22). The number of nitrogens with zero attached hydrogens (tertiary/aromatic N) is 1. The van der Waals surface area contributed by atoms with E-state index in [0.29, 0.717) is 22.8 Å². The van der Waals surface area contributed by atoms with Gasteiger partial charge in [-0.05, 0) is 43.7 Å². The zero-order valence-electron chi connectivity index (χ0n) is 14.2. The van der Waals surface area contributed by atoms with E-state index in [1.165, 1.54) is 10.6 Å². The van der Waals surface area contributed by atoms with E-state index in [9.17, 15) is 13.2 Å². The first-order valence-corrected chi connectivity index (χ1v) is 10.1. The topological polar surface area (TPSA) is 66.5 Å². The molecule has 2 rings (SSSR count). The Morgan fingerprint density at radius 3 is 2.44 bits per heavy atom. The minimum absolute atomic E-state index is 0.181. The van der Waals surface area contributed by atoms with Crippen LogP contribution >= 0.6 is 11.6 Å². The number of hydrogen-bond acceptors (Lipinski definition) is 3. The molecule has 0 heterocycles. The summed E-state index contributed by atoms with van der Waals surface area (Å²) in [6.07, 6.45) is 1.79. The highest BCUT2D eigenvalue weighted by Gasteiger charge is 2.17. The summed E-state index contributed by atoms with van der Waals surface area (Å²) in [6, 6.07) is 14.1. The van der Waals surface area contributed by atoms with Crippen LogP contribution in [-0.2, 0) is 14.8 Å². The zero-order valence-corrected chi connectivity index (χ0v) is 15.8. The van der Waals surface area contributed by atoms with Gasteiger partial charge in [0.25, 0.3) is 0 Å². The van der Waals surface area contributed by atoms with Gasteiger partial charge in [-0.25, -0.2) is 8.42 Å². The van der Waals surface area contributed by atoms with E-state index in [2.05, 4.69) is 5.32 Å². The molecule has 0 bridgehead atoms. The van der Waals surface area contributed by atoms with Crippen LogP contribution in [0.2, 0.25) is 5.02 Å². The van der Waals surface area contributed by atoms with Crippen molar-refractivity contribution in [3.05, 3.63) is 59.1 Å². The van der Waals surface area contributed by atoms with E-state index < -0.39 is 10.0 Å². The van der Waals surface area contributed by atoms with Crippen LogP contribution in [0.4, 0.5) is 11.4 Å². The van der Waals surface area contributed by atoms with Gasteiger partial charge in [-0.15, -0.1) is 0 Å². The lowest BCUT2D eigenvalue weighted by Crippen LogP contribution is -2.31. The Morgan fingerprint density at radius 1 is 1.16 bits per heavy atom. The number of nitrogens with one attached hydrogen (secondary N) is 1. The number of amides is 1. The minimum Gasteiger partial charge on any atom is -0.326 e. The average molecular weight is 381 g/mol. The maximum atomic E-state index is 12.0. The number of carbonyl (C=O) groups excluding carboxylic acids is 1. The summed E-state index contributed by atoms with van der Waals surface area (Å²) in [5.74, 6) is -0.181. The number of carbonyl (C=O) groups is 1. The number of anilines is 2. The normalized spacial score (nSPS) is 11.2. The fraction of sp³-hybridized carbons (Fsp3) is 0.278. The molecular formula is C18H21ClN2O3S. The molecule has 0 aliphatic carbocycles. The van der Waals surface area contributed by atoms with Crippen LogP contribution in [-0.4, -0.2) is 27.1 Å². The molecule has 0 fully saturated rings. The largest absolute Gasteiger partial charge is 0.326 e. The molecule has 2 aromatic carbocycles. The first kappa shape index (κ1) is 19.3. The summed E-state index contributed by atoms with van der Waals surface area (Å²) in [5.41, 5.74) is 2.28. The Morgan fingerprint density at radius 2 is 1.84 bits per heavy atom. The third kappa shape index (κ3) is 6.07. The average Bonchev–Trinajstić information content (AvgIpc) is 2.51. The first-order valence-electron chi connectivity index (χ1n) is 7.85. The van der Waals surface area contributed by atoms with Crippen LogP contribution in [0.25, 0.3) is 0 Å². The number of rotatable bonds is 7. The lowest BCUT2D eigenvalue weighted by atomic mass is 10.2. The van der Waals surface area contributed by atoms with Gasteiger partial charge in [0, 0.05) is 23.7 Å². The van der Waals surface area contributed by atoms with Crippen molar-refractivity contribution in [1.82, 2.24) is 0 Å². The van der Waals surface area contributed by atoms with Crippen molar-refractivity contribution in [3.8, 4) is 0 Å². The van der Waals surface area contributed by atoms with Crippen LogP contribution in [0.5, 0.6) is 0 Å². The molecule has 2 aromatic rings. The third-order valence-corrected chi connectivity index (χ3v) is 5.02. The Kier molecular flexibility index (Phi) is 6.45. The first-order chi connectivity index (χ1) is 11.8. The van der Waals surface area contributed by atoms with E-state index in [0.717, 1.165) is 5.56 Å². The van der Waals surface area contributed by atoms with E-state index >= 15 is 0 Å². The van der Waals surface area contributed by atoms with Crippen LogP contribution in [0.15, 0.2) is 48.5 Å². The lowest BCUT2D eigenvalue weighted by Gasteiger charge is -2.22. The monoisotopic (exact) mass is 380 g/mol. The van der Waals surface area contributed by atoms with E-state index in [1.807, 2.05) is 19.1 Å². The lowest BCUT2D eigenvalue weighted by molar-refractivity contribution is -0.116. The van der Waals surface area contributed by atoms with Gasteiger partial charge in [0.05, 0.1) is 11.9 Å². The van der Waals surface area contributed by atoms with Crippen LogP contribution in [0, 0.1) is 6.92 Å². The number of sulfonamides is 1. The number of hydrogen-bond donors (Lipinski definition) is 1. The van der Waals surface area contributed by atoms with Crippen molar-refractivity contribution in [2.75, 3.05) is 22.4 Å². The number of aryl methyl sites for hydroxylation is 1. The fourth-order valence-electron chi connectivity index (χ4n) is 2.37. The summed E-state index contributed by atoms with van der Waals surface area (Å²) in [7, 11) is -3.41. The summed E-state index contributed by atoms with van der Waals surface area (Å²) in [6.45, 7) is 2.18. The molecule has 0 aliphatic rings. The molecule has 0 aliphatic heterocycles. The minimum atomic E-state index is -3.41. The second-order valence-electron chi connectivity index (χ2n) is 5.83. The van der Waals surface area contributed by atoms with Gasteiger partial charge in [0.2, 0.25) is 15.9 Å². The molecule has 0 saturated heterocycles. The summed E-state index contributed by atoms with van der Waals surface area (Å²) >= 11 is 5.88. The molecule has 0 spiro atoms. The molecular weight excluding hydrogens is 360 g/mol. The SMILES string of the molecule is Cc1ccc(N(CCCC(=O)Nc2cccc(Cl)c2)S(C)(=O)=O)cc1. The van der Waals surface area contributed by atoms with E-state index in [1.54, 1.807) is 36.4 Å². The maximum Gasteiger partial charge on any atom is 0.232 e. The summed E-state index contributed by atoms with van der Waals surface area (Å²) < 4.78 is 25.4. The molecule has 0 atom stereocenters. The number of benzene rings is 2. The summed E-state index contributed by atoms with van der Waals surface area (Å²) in [5, 5.41) is 3.29. The Balaban J connectivity index is 1.95. The van der Waals surface area contributed by atoms with Crippen molar-refractivity contribution in [2.24, 2.45) is 0 Å². The van der Waals surface area contributed by atoms with E-state index in [4.69, 9.17) is 11.6 Å². The second-order valence-corrected chi connectivity index (χ2v) is 8.18. The van der Waals surface area contributed by atoms with Crippen molar-refractivity contribution in [1.29, 1.82) is 0 Å². The van der Waals surface area contributed by atoms with Gasteiger partial charge in [0.1, 0.15) is 0 Å². The van der Waals surface area contributed by atoms with E-state index in [-0.39, 0.29) is 18.9 Å². The molecule has 0 aromatic heterocycles. The Bertz CT molecular complexity index is 836. The van der Waals surface area contributed by atoms with Crippen molar-refractivity contribution >= 4 is 38.9 Å². The fourth-order valence-corrected chi connectivity index (χ4v) is 3.53. The predicted octanol–water partition coefficient (Wildman–Crippen LogP) is 3.83. The molecule has 0 saturated carbocycles. The molecule has 0 unspecified atom stereocenters. The maximum absolute atomic E-state index is 12.0. The molecule has 0 radical (unpaired) electrons. The molecule has 7 heteroatoms. The molecule has 134 valence electrons. The third-order valence-electron chi connectivity index (χ3n) is 3.60. The quantitative estimate of drug-likeness (QED) is 0.793. The Hall–Kier alpha value is -2.05. The molecule has 5 nitrogen and oxygen atoms in total. The highest BCUT2D eigenvalue weighted by Crippen LogP contribution is 2.19. The summed E-state index contributed by atoms with van der Waals surface area (Å²) in [4.78, 5) is 12.0. The highest BCUT2D eigenvalue weighted by molar-refractivity contribution is 7.92. The van der Waals surface area contributed by atoms with Crippen molar-refractivity contribution in [3.63, 3.8) is 0 Å². The highest BCUT2D eigenvalue weighted by atomic mass is 35.5. The molecule has 25 heavy (non-hydrogen) atoms. The zero-order chi connectivity index (χ0) is 18.4. The van der Waals surface area contributed by atoms with Crippen molar-refractivity contribution < 1.29 is 13.2 Å². The van der Waals surface area contributed by atoms with Crippen LogP contribution < -0.4 is 9.62 Å². The van der Waals surface area contributed by atoms with Gasteiger partial charge in [-0.1, -0.05) is 35.4 Å². The second kappa shape index (κ2) is 8.36. The van der Waals surface area contributed by atoms with Gasteiger partial charge in [0.15, 0.2) is 0 Å².